The van der Waals surface area contributed by atoms with Crippen molar-refractivity contribution in [2.45, 2.75) is 37.8 Å². The van der Waals surface area contributed by atoms with Crippen molar-refractivity contribution in [1.82, 2.24) is 9.97 Å². The first-order valence-electron chi connectivity index (χ1n) is 8.43. The largest absolute Gasteiger partial charge is 0.383 e. The Morgan fingerprint density at radius 1 is 1.36 bits per heavy atom. The number of aromatic nitrogens is 2. The Balaban J connectivity index is 1.47. The summed E-state index contributed by atoms with van der Waals surface area (Å²) in [5, 5.41) is 8.98. The molecule has 0 unspecified atom stereocenters. The minimum Gasteiger partial charge on any atom is -0.383 e. The molecule has 0 spiro atoms. The van der Waals surface area contributed by atoms with E-state index in [1.54, 1.807) is 12.1 Å². The van der Waals surface area contributed by atoms with Gasteiger partial charge in [0.25, 0.3) is 0 Å². The third-order valence-corrected chi connectivity index (χ3v) is 4.44. The summed E-state index contributed by atoms with van der Waals surface area (Å²) in [7, 11) is 0. The molecule has 1 heterocycles. The molecular weight excluding hydrogens is 321 g/mol. The topological polar surface area (TPSA) is 98.7 Å². The molecule has 2 atom stereocenters. The summed E-state index contributed by atoms with van der Waals surface area (Å²) < 4.78 is 19.1. The fourth-order valence-electron chi connectivity index (χ4n) is 3.14. The van der Waals surface area contributed by atoms with Crippen molar-refractivity contribution in [3.63, 3.8) is 0 Å². The second kappa shape index (κ2) is 8.02. The van der Waals surface area contributed by atoms with Gasteiger partial charge in [-0.2, -0.15) is 0 Å². The second-order valence-electron chi connectivity index (χ2n) is 6.21. The van der Waals surface area contributed by atoms with Crippen LogP contribution >= 0.6 is 0 Å². The minimum absolute atomic E-state index is 0.190. The van der Waals surface area contributed by atoms with Crippen LogP contribution in [0.4, 0.5) is 16.0 Å². The lowest BCUT2D eigenvalue weighted by atomic mass is 10.1. The van der Waals surface area contributed by atoms with Gasteiger partial charge in [-0.05, 0) is 43.4 Å². The fourth-order valence-corrected chi connectivity index (χ4v) is 3.14. The molecule has 0 bridgehead atoms. The van der Waals surface area contributed by atoms with Crippen molar-refractivity contribution in [1.29, 1.82) is 0 Å². The average Bonchev–Trinajstić information content (AvgIpc) is 3.03. The molecule has 7 heteroatoms. The van der Waals surface area contributed by atoms with E-state index in [0.717, 1.165) is 24.8 Å². The third-order valence-electron chi connectivity index (χ3n) is 4.44. The van der Waals surface area contributed by atoms with Gasteiger partial charge in [-0.1, -0.05) is 12.1 Å². The number of nitrogens with one attached hydrogen (secondary N) is 1. The molecule has 0 amide bonds. The first kappa shape index (κ1) is 17.3. The molecule has 1 aromatic heterocycles. The van der Waals surface area contributed by atoms with Gasteiger partial charge in [0.2, 0.25) is 0 Å². The van der Waals surface area contributed by atoms with Gasteiger partial charge in [-0.25, -0.2) is 14.4 Å². The SMILES string of the molecule is Nc1ncnc(N[C@H]2CC[C@H](OCCc3cccc(F)c3)C2)c1C=[NH2+]. The van der Waals surface area contributed by atoms with Crippen LogP contribution in [0.15, 0.2) is 30.6 Å². The highest BCUT2D eigenvalue weighted by Gasteiger charge is 2.26. The van der Waals surface area contributed by atoms with E-state index in [4.69, 9.17) is 15.9 Å². The van der Waals surface area contributed by atoms with Crippen molar-refractivity contribution in [3.8, 4) is 0 Å². The van der Waals surface area contributed by atoms with Crippen molar-refractivity contribution in [2.24, 2.45) is 0 Å². The molecule has 1 aromatic carbocycles. The first-order chi connectivity index (χ1) is 12.2. The molecule has 0 saturated heterocycles. The van der Waals surface area contributed by atoms with Crippen LogP contribution in [-0.2, 0) is 11.2 Å². The number of nitrogens with zero attached hydrogens (tertiary/aromatic N) is 2. The van der Waals surface area contributed by atoms with E-state index in [2.05, 4.69) is 15.3 Å². The van der Waals surface area contributed by atoms with E-state index in [-0.39, 0.29) is 18.0 Å². The molecule has 25 heavy (non-hydrogen) atoms. The van der Waals surface area contributed by atoms with Crippen LogP contribution in [0.5, 0.6) is 0 Å². The van der Waals surface area contributed by atoms with Gasteiger partial charge >= 0.3 is 0 Å². The van der Waals surface area contributed by atoms with Crippen LogP contribution in [0.3, 0.4) is 0 Å². The maximum absolute atomic E-state index is 13.2. The van der Waals surface area contributed by atoms with Crippen LogP contribution in [0.2, 0.25) is 0 Å². The number of rotatable bonds is 7. The number of nitrogens with two attached hydrogens (primary N) is 2. The molecule has 0 radical (unpaired) electrons. The highest BCUT2D eigenvalue weighted by atomic mass is 19.1. The monoisotopic (exact) mass is 344 g/mol. The number of nitrogen functional groups attached to an aromatic ring is 1. The Kier molecular flexibility index (Phi) is 5.55. The minimum atomic E-state index is -0.209. The van der Waals surface area contributed by atoms with Crippen LogP contribution in [0, 0.1) is 5.82 Å². The Morgan fingerprint density at radius 2 is 2.24 bits per heavy atom. The van der Waals surface area contributed by atoms with Gasteiger partial charge in [0.1, 0.15) is 29.3 Å². The summed E-state index contributed by atoms with van der Waals surface area (Å²) in [6, 6.07) is 6.89. The molecule has 132 valence electrons. The predicted octanol–water partition coefficient (Wildman–Crippen LogP) is 0.968. The number of ether oxygens (including phenoxy) is 1. The zero-order valence-corrected chi connectivity index (χ0v) is 14.0. The van der Waals surface area contributed by atoms with E-state index in [0.29, 0.717) is 30.2 Å². The summed E-state index contributed by atoms with van der Waals surface area (Å²) >= 11 is 0. The maximum atomic E-state index is 13.2. The van der Waals surface area contributed by atoms with Gasteiger partial charge < -0.3 is 15.8 Å². The molecule has 2 aromatic rings. The van der Waals surface area contributed by atoms with Gasteiger partial charge in [0.05, 0.1) is 12.7 Å². The van der Waals surface area contributed by atoms with Crippen LogP contribution in [0.1, 0.15) is 30.4 Å². The Bertz CT molecular complexity index is 739. The van der Waals surface area contributed by atoms with Gasteiger partial charge in [-0.3, -0.25) is 5.41 Å². The number of hydrogen-bond donors (Lipinski definition) is 3. The zero-order chi connectivity index (χ0) is 17.6. The van der Waals surface area contributed by atoms with E-state index >= 15 is 0 Å². The zero-order valence-electron chi connectivity index (χ0n) is 14.0. The van der Waals surface area contributed by atoms with Gasteiger partial charge in [0.15, 0.2) is 6.21 Å². The average molecular weight is 344 g/mol. The van der Waals surface area contributed by atoms with Crippen molar-refractivity contribution < 1.29 is 14.5 Å². The van der Waals surface area contributed by atoms with E-state index in [9.17, 15) is 4.39 Å². The molecule has 5 N–H and O–H groups in total. The van der Waals surface area contributed by atoms with Crippen molar-refractivity contribution in [2.75, 3.05) is 17.7 Å². The highest BCUT2D eigenvalue weighted by molar-refractivity contribution is 5.88. The molecule has 1 aliphatic carbocycles. The lowest BCUT2D eigenvalue weighted by Crippen LogP contribution is -2.32. The molecule has 3 rings (SSSR count). The van der Waals surface area contributed by atoms with Gasteiger partial charge in [-0.15, -0.1) is 0 Å². The number of anilines is 2. The maximum Gasteiger partial charge on any atom is 0.174 e. The summed E-state index contributed by atoms with van der Waals surface area (Å²) in [5.41, 5.74) is 7.39. The standard InChI is InChI=1S/C18H22FN5O/c19-13-3-1-2-12(8-13)6-7-25-15-5-4-14(9-15)24-18-16(10-20)17(21)22-11-23-18/h1-3,8,10-11,14-15,20H,4-7,9H2,(H3,21,22,23,24)/p+1/t14-,15-/m0/s1. The van der Waals surface area contributed by atoms with Crippen LogP contribution < -0.4 is 16.5 Å². The van der Waals surface area contributed by atoms with Crippen LogP contribution in [0.25, 0.3) is 0 Å². The fraction of sp³-hybridized carbons (Fsp3) is 0.389. The van der Waals surface area contributed by atoms with Gasteiger partial charge in [0, 0.05) is 6.04 Å². The lowest BCUT2D eigenvalue weighted by molar-refractivity contribution is -0.104. The quantitative estimate of drug-likeness (QED) is 0.650. The summed E-state index contributed by atoms with van der Waals surface area (Å²) in [4.78, 5) is 8.16. The molecule has 0 aliphatic heterocycles. The predicted molar refractivity (Wildman–Crippen MR) is 94.6 cm³/mol. The normalized spacial score (nSPS) is 19.7. The molecule has 6 nitrogen and oxygen atoms in total. The molecule has 1 fully saturated rings. The molecular formula is C18H23FN5O+. The molecule has 1 aliphatic rings. The smallest absolute Gasteiger partial charge is 0.174 e. The van der Waals surface area contributed by atoms with E-state index < -0.39 is 0 Å². The Morgan fingerprint density at radius 3 is 3.04 bits per heavy atom. The number of halogens is 1. The highest BCUT2D eigenvalue weighted by Crippen LogP contribution is 2.26. The molecule has 1 saturated carbocycles. The Labute approximate surface area is 146 Å². The van der Waals surface area contributed by atoms with Crippen molar-refractivity contribution in [3.05, 3.63) is 47.5 Å². The number of benzene rings is 1. The third kappa shape index (κ3) is 4.51. The summed E-state index contributed by atoms with van der Waals surface area (Å²) in [5.74, 6) is 0.806. The van der Waals surface area contributed by atoms with Crippen molar-refractivity contribution >= 4 is 17.9 Å². The summed E-state index contributed by atoms with van der Waals surface area (Å²) in [6.45, 7) is 0.586. The first-order valence-corrected chi connectivity index (χ1v) is 8.43. The Hall–Kier alpha value is -2.54. The van der Waals surface area contributed by atoms with E-state index in [1.807, 2.05) is 6.07 Å². The summed E-state index contributed by atoms with van der Waals surface area (Å²) in [6.07, 6.45) is 6.59. The second-order valence-corrected chi connectivity index (χ2v) is 6.21. The lowest BCUT2D eigenvalue weighted by Gasteiger charge is -2.15. The number of hydrogen-bond acceptors (Lipinski definition) is 5. The van der Waals surface area contributed by atoms with E-state index in [1.165, 1.54) is 18.6 Å². The van der Waals surface area contributed by atoms with Crippen LogP contribution in [-0.4, -0.2) is 34.9 Å².